The van der Waals surface area contributed by atoms with Crippen LogP contribution in [0.25, 0.3) is 0 Å². The molecule has 0 amide bonds. The largest absolute Gasteiger partial charge is 0.356 e. The first-order chi connectivity index (χ1) is 7.58. The van der Waals surface area contributed by atoms with Crippen molar-refractivity contribution in [2.24, 2.45) is 0 Å². The monoisotopic (exact) mass is 217 g/mol. The summed E-state index contributed by atoms with van der Waals surface area (Å²) < 4.78 is 13.5. The molecule has 2 N–H and O–H groups in total. The molecule has 3 nitrogen and oxygen atoms in total. The van der Waals surface area contributed by atoms with Crippen LogP contribution in [-0.2, 0) is 0 Å². The van der Waals surface area contributed by atoms with Crippen molar-refractivity contribution in [2.75, 3.05) is 5.32 Å². The van der Waals surface area contributed by atoms with Crippen LogP contribution >= 0.6 is 0 Å². The Bertz CT molecular complexity index is 484. The summed E-state index contributed by atoms with van der Waals surface area (Å²) in [6.07, 6.45) is 1.20. The lowest BCUT2D eigenvalue weighted by molar-refractivity contribution is 0.631. The molecule has 0 spiro atoms. The molecular weight excluding hydrogens is 205 g/mol. The molecule has 0 aliphatic carbocycles. The molecule has 0 bridgehead atoms. The summed E-state index contributed by atoms with van der Waals surface area (Å²) in [5.74, 6) is -0.476. The van der Waals surface area contributed by atoms with Gasteiger partial charge >= 0.3 is 0 Å². The molecule has 4 heteroatoms. The van der Waals surface area contributed by atoms with Crippen molar-refractivity contribution in [3.63, 3.8) is 0 Å². The number of nitrogens with zero attached hydrogens (tertiary/aromatic N) is 1. The normalized spacial score (nSPS) is 11.4. The molecule has 0 aromatic heterocycles. The van der Waals surface area contributed by atoms with Crippen molar-refractivity contribution in [3.8, 4) is 6.07 Å². The minimum Gasteiger partial charge on any atom is -0.356 e. The lowest BCUT2D eigenvalue weighted by atomic mass is 10.2. The van der Waals surface area contributed by atoms with E-state index in [1.54, 1.807) is 19.9 Å². The second-order valence-electron chi connectivity index (χ2n) is 3.38. The summed E-state index contributed by atoms with van der Waals surface area (Å²) in [4.78, 5) is 0. The maximum Gasteiger partial charge on any atom is 0.147 e. The van der Waals surface area contributed by atoms with E-state index in [1.807, 2.05) is 6.07 Å². The SMILES string of the molecule is C/C(C=N)=C(\C)Nc1ccc(C#N)cc1F. The summed E-state index contributed by atoms with van der Waals surface area (Å²) in [6.45, 7) is 3.52. The third-order valence-electron chi connectivity index (χ3n) is 2.23. The standard InChI is InChI=1S/C12H12FN3/c1-8(6-14)9(2)16-12-4-3-10(7-15)5-11(12)13/h3-6,14,16H,1-2H3/b9-8-,14-6?. The fraction of sp³-hybridized carbons (Fsp3) is 0.167. The Morgan fingerprint density at radius 1 is 1.50 bits per heavy atom. The van der Waals surface area contributed by atoms with E-state index in [1.165, 1.54) is 18.3 Å². The number of nitriles is 1. The highest BCUT2D eigenvalue weighted by Gasteiger charge is 2.04. The minimum absolute atomic E-state index is 0.286. The van der Waals surface area contributed by atoms with Crippen LogP contribution in [0.5, 0.6) is 0 Å². The number of rotatable bonds is 3. The van der Waals surface area contributed by atoms with Gasteiger partial charge in [0.2, 0.25) is 0 Å². The van der Waals surface area contributed by atoms with Crippen molar-refractivity contribution in [3.05, 3.63) is 40.8 Å². The third-order valence-corrected chi connectivity index (χ3v) is 2.23. The molecule has 0 radical (unpaired) electrons. The number of hydrogen-bond donors (Lipinski definition) is 2. The van der Waals surface area contributed by atoms with Crippen LogP contribution in [0.2, 0.25) is 0 Å². The summed E-state index contributed by atoms with van der Waals surface area (Å²) >= 11 is 0. The van der Waals surface area contributed by atoms with Gasteiger partial charge in [-0.1, -0.05) is 0 Å². The Labute approximate surface area is 93.7 Å². The van der Waals surface area contributed by atoms with Gasteiger partial charge in [0.15, 0.2) is 0 Å². The molecule has 0 aliphatic rings. The maximum absolute atomic E-state index is 13.5. The van der Waals surface area contributed by atoms with Crippen LogP contribution < -0.4 is 5.32 Å². The molecule has 82 valence electrons. The van der Waals surface area contributed by atoms with Crippen LogP contribution in [0, 0.1) is 22.6 Å². The average molecular weight is 217 g/mol. The molecule has 1 aromatic carbocycles. The van der Waals surface area contributed by atoms with Crippen LogP contribution in [0.4, 0.5) is 10.1 Å². The number of benzene rings is 1. The Balaban J connectivity index is 3.00. The Morgan fingerprint density at radius 3 is 2.69 bits per heavy atom. The Kier molecular flexibility index (Phi) is 3.78. The molecule has 0 fully saturated rings. The quantitative estimate of drug-likeness (QED) is 0.764. The highest BCUT2D eigenvalue weighted by atomic mass is 19.1. The summed E-state index contributed by atoms with van der Waals surface area (Å²) in [6, 6.07) is 6.09. The highest BCUT2D eigenvalue weighted by Crippen LogP contribution is 2.17. The lowest BCUT2D eigenvalue weighted by Crippen LogP contribution is -2.01. The number of anilines is 1. The zero-order valence-electron chi connectivity index (χ0n) is 9.13. The van der Waals surface area contributed by atoms with Crippen molar-refractivity contribution < 1.29 is 4.39 Å². The molecule has 1 aromatic rings. The first-order valence-corrected chi connectivity index (χ1v) is 4.73. The molecule has 0 atom stereocenters. The average Bonchev–Trinajstić information content (AvgIpc) is 2.30. The van der Waals surface area contributed by atoms with E-state index in [0.717, 1.165) is 5.57 Å². The predicted molar refractivity (Wildman–Crippen MR) is 61.9 cm³/mol. The number of halogens is 1. The van der Waals surface area contributed by atoms with Crippen molar-refractivity contribution >= 4 is 11.9 Å². The topological polar surface area (TPSA) is 59.7 Å². The van der Waals surface area contributed by atoms with E-state index >= 15 is 0 Å². The van der Waals surface area contributed by atoms with E-state index in [9.17, 15) is 4.39 Å². The first kappa shape index (κ1) is 11.9. The minimum atomic E-state index is -0.476. The van der Waals surface area contributed by atoms with Crippen LogP contribution in [0.1, 0.15) is 19.4 Å². The van der Waals surface area contributed by atoms with Crippen LogP contribution in [-0.4, -0.2) is 6.21 Å². The highest BCUT2D eigenvalue weighted by molar-refractivity contribution is 5.77. The smallest absolute Gasteiger partial charge is 0.147 e. The fourth-order valence-electron chi connectivity index (χ4n) is 1.09. The van der Waals surface area contributed by atoms with Gasteiger partial charge in [-0.3, -0.25) is 0 Å². The number of allylic oxidation sites excluding steroid dienone is 2. The molecule has 0 saturated heterocycles. The van der Waals surface area contributed by atoms with E-state index in [2.05, 4.69) is 5.32 Å². The zero-order valence-corrected chi connectivity index (χ0v) is 9.13. The van der Waals surface area contributed by atoms with Crippen molar-refractivity contribution in [2.45, 2.75) is 13.8 Å². The van der Waals surface area contributed by atoms with Gasteiger partial charge in [0.25, 0.3) is 0 Å². The molecule has 0 heterocycles. The van der Waals surface area contributed by atoms with Gasteiger partial charge in [-0.15, -0.1) is 0 Å². The van der Waals surface area contributed by atoms with Gasteiger partial charge in [-0.2, -0.15) is 5.26 Å². The molecule has 1 rings (SSSR count). The van der Waals surface area contributed by atoms with Gasteiger partial charge < -0.3 is 10.7 Å². The lowest BCUT2D eigenvalue weighted by Gasteiger charge is -2.09. The molecule has 0 saturated carbocycles. The van der Waals surface area contributed by atoms with Gasteiger partial charge in [-0.25, -0.2) is 4.39 Å². The van der Waals surface area contributed by atoms with Crippen LogP contribution in [0.15, 0.2) is 29.5 Å². The fourth-order valence-corrected chi connectivity index (χ4v) is 1.09. The molecule has 0 aliphatic heterocycles. The summed E-state index contributed by atoms with van der Waals surface area (Å²) in [7, 11) is 0. The van der Waals surface area contributed by atoms with Crippen LogP contribution in [0.3, 0.4) is 0 Å². The molecular formula is C12H12FN3. The Hall–Kier alpha value is -2.15. The van der Waals surface area contributed by atoms with Gasteiger partial charge in [0.05, 0.1) is 17.3 Å². The summed E-state index contributed by atoms with van der Waals surface area (Å²) in [5, 5.41) is 18.5. The van der Waals surface area contributed by atoms with Gasteiger partial charge in [-0.05, 0) is 37.6 Å². The van der Waals surface area contributed by atoms with Crippen molar-refractivity contribution in [1.29, 1.82) is 10.7 Å². The Morgan fingerprint density at radius 2 is 2.19 bits per heavy atom. The molecule has 16 heavy (non-hydrogen) atoms. The van der Waals surface area contributed by atoms with Crippen molar-refractivity contribution in [1.82, 2.24) is 0 Å². The maximum atomic E-state index is 13.5. The van der Waals surface area contributed by atoms with E-state index in [-0.39, 0.29) is 5.56 Å². The molecule has 0 unspecified atom stereocenters. The third kappa shape index (κ3) is 2.67. The van der Waals surface area contributed by atoms with E-state index < -0.39 is 5.82 Å². The first-order valence-electron chi connectivity index (χ1n) is 4.73. The second kappa shape index (κ2) is 5.08. The zero-order chi connectivity index (χ0) is 12.1. The van der Waals surface area contributed by atoms with Gasteiger partial charge in [0, 0.05) is 11.9 Å². The summed E-state index contributed by atoms with van der Waals surface area (Å²) in [5.41, 5.74) is 2.02. The van der Waals surface area contributed by atoms with Gasteiger partial charge in [0.1, 0.15) is 5.82 Å². The second-order valence-corrected chi connectivity index (χ2v) is 3.38. The van der Waals surface area contributed by atoms with E-state index in [0.29, 0.717) is 11.4 Å². The number of nitrogens with one attached hydrogen (secondary N) is 2. The predicted octanol–water partition coefficient (Wildman–Crippen LogP) is 3.05. The number of hydrogen-bond acceptors (Lipinski definition) is 3. The van der Waals surface area contributed by atoms with E-state index in [4.69, 9.17) is 10.7 Å².